The van der Waals surface area contributed by atoms with Gasteiger partial charge in [0.05, 0.1) is 4.88 Å². The zero-order valence-electron chi connectivity index (χ0n) is 9.39. The van der Waals surface area contributed by atoms with E-state index < -0.39 is 0 Å². The minimum absolute atomic E-state index is 0.314. The Morgan fingerprint density at radius 2 is 2.07 bits per heavy atom. The molecule has 0 aliphatic carbocycles. The van der Waals surface area contributed by atoms with Gasteiger partial charge in [-0.25, -0.2) is 0 Å². The molecule has 1 rings (SSSR count). The van der Waals surface area contributed by atoms with Crippen molar-refractivity contribution in [3.8, 4) is 0 Å². The van der Waals surface area contributed by atoms with Gasteiger partial charge in [-0.1, -0.05) is 13.8 Å². The summed E-state index contributed by atoms with van der Waals surface area (Å²) in [5, 5.41) is 0. The van der Waals surface area contributed by atoms with E-state index in [0.717, 1.165) is 16.9 Å². The summed E-state index contributed by atoms with van der Waals surface area (Å²) in [6.45, 7) is 8.38. The van der Waals surface area contributed by atoms with E-state index in [2.05, 4.69) is 26.8 Å². The Morgan fingerprint density at radius 3 is 2.50 bits per heavy atom. The Bertz CT molecular complexity index is 323. The fourth-order valence-electron chi connectivity index (χ4n) is 1.45. The molecule has 0 saturated heterocycles. The van der Waals surface area contributed by atoms with Crippen LogP contribution in [-0.4, -0.2) is 5.78 Å². The van der Waals surface area contributed by atoms with Crippen molar-refractivity contribution in [3.05, 3.63) is 21.4 Å². The van der Waals surface area contributed by atoms with Gasteiger partial charge in [0.15, 0.2) is 5.78 Å². The van der Waals surface area contributed by atoms with Crippen LogP contribution in [0, 0.1) is 19.8 Å². The molecule has 1 aromatic rings. The zero-order valence-corrected chi connectivity index (χ0v) is 10.2. The van der Waals surface area contributed by atoms with Gasteiger partial charge in [0.1, 0.15) is 0 Å². The van der Waals surface area contributed by atoms with Crippen molar-refractivity contribution in [1.82, 2.24) is 0 Å². The molecule has 0 aliphatic rings. The smallest absolute Gasteiger partial charge is 0.173 e. The number of carbonyl (C=O) groups is 1. The first kappa shape index (κ1) is 11.4. The molecule has 78 valence electrons. The molecule has 0 N–H and O–H groups in total. The topological polar surface area (TPSA) is 17.1 Å². The zero-order chi connectivity index (χ0) is 10.7. The first-order valence-corrected chi connectivity index (χ1v) is 5.92. The molecule has 1 aromatic heterocycles. The predicted octanol–water partition coefficient (Wildman–Crippen LogP) is 3.98. The molecule has 0 atom stereocenters. The number of Topliss-reactive ketones (excluding diaryl/α,β-unsaturated/α-hetero) is 1. The summed E-state index contributed by atoms with van der Waals surface area (Å²) < 4.78 is 0. The SMILES string of the molecule is Cc1cc(C)c(C(=O)CCC(C)C)s1. The van der Waals surface area contributed by atoms with Crippen molar-refractivity contribution in [2.45, 2.75) is 40.5 Å². The molecule has 14 heavy (non-hydrogen) atoms. The van der Waals surface area contributed by atoms with Crippen LogP contribution in [0.3, 0.4) is 0 Å². The normalized spacial score (nSPS) is 10.9. The standard InChI is InChI=1S/C12H18OS/c1-8(2)5-6-11(13)12-9(3)7-10(4)14-12/h7-8H,5-6H2,1-4H3. The molecule has 0 fully saturated rings. The fourth-order valence-corrected chi connectivity index (χ4v) is 2.45. The highest BCUT2D eigenvalue weighted by Gasteiger charge is 2.12. The Balaban J connectivity index is 2.65. The van der Waals surface area contributed by atoms with Gasteiger partial charge < -0.3 is 0 Å². The molecule has 2 heteroatoms. The third-order valence-electron chi connectivity index (χ3n) is 2.24. The lowest BCUT2D eigenvalue weighted by atomic mass is 10.0. The number of carbonyl (C=O) groups excluding carboxylic acids is 1. The van der Waals surface area contributed by atoms with Crippen molar-refractivity contribution >= 4 is 17.1 Å². The van der Waals surface area contributed by atoms with Gasteiger partial charge in [0, 0.05) is 11.3 Å². The molecular weight excluding hydrogens is 192 g/mol. The Kier molecular flexibility index (Phi) is 3.87. The second-order valence-corrected chi connectivity index (χ2v) is 5.48. The monoisotopic (exact) mass is 210 g/mol. The number of ketones is 1. The third-order valence-corrected chi connectivity index (χ3v) is 3.44. The predicted molar refractivity (Wildman–Crippen MR) is 62.2 cm³/mol. The highest BCUT2D eigenvalue weighted by Crippen LogP contribution is 2.23. The number of hydrogen-bond acceptors (Lipinski definition) is 2. The Morgan fingerprint density at radius 1 is 1.43 bits per heavy atom. The summed E-state index contributed by atoms with van der Waals surface area (Å²) in [6, 6.07) is 2.09. The quantitative estimate of drug-likeness (QED) is 0.687. The van der Waals surface area contributed by atoms with Crippen molar-refractivity contribution in [3.63, 3.8) is 0 Å². The van der Waals surface area contributed by atoms with Gasteiger partial charge in [-0.3, -0.25) is 4.79 Å². The number of rotatable bonds is 4. The van der Waals surface area contributed by atoms with Gasteiger partial charge in [0.25, 0.3) is 0 Å². The van der Waals surface area contributed by atoms with Crippen LogP contribution in [0.1, 0.15) is 46.8 Å². The minimum Gasteiger partial charge on any atom is -0.293 e. The molecule has 0 saturated carbocycles. The first-order valence-electron chi connectivity index (χ1n) is 5.11. The van der Waals surface area contributed by atoms with Crippen LogP contribution in [0.2, 0.25) is 0 Å². The van der Waals surface area contributed by atoms with Crippen molar-refractivity contribution < 1.29 is 4.79 Å². The molecular formula is C12H18OS. The second kappa shape index (κ2) is 4.74. The Hall–Kier alpha value is -0.630. The van der Waals surface area contributed by atoms with Crippen molar-refractivity contribution in [1.29, 1.82) is 0 Å². The van der Waals surface area contributed by atoms with Gasteiger partial charge in [-0.05, 0) is 37.8 Å². The Labute approximate surface area is 90.2 Å². The lowest BCUT2D eigenvalue weighted by Crippen LogP contribution is -2.00. The fraction of sp³-hybridized carbons (Fsp3) is 0.583. The lowest BCUT2D eigenvalue weighted by molar-refractivity contribution is 0.0979. The van der Waals surface area contributed by atoms with E-state index >= 15 is 0 Å². The van der Waals surface area contributed by atoms with E-state index in [0.29, 0.717) is 18.1 Å². The van der Waals surface area contributed by atoms with Crippen LogP contribution in [0.5, 0.6) is 0 Å². The van der Waals surface area contributed by atoms with Gasteiger partial charge in [-0.2, -0.15) is 0 Å². The largest absolute Gasteiger partial charge is 0.293 e. The molecule has 0 bridgehead atoms. The van der Waals surface area contributed by atoms with Crippen LogP contribution in [-0.2, 0) is 0 Å². The summed E-state index contributed by atoms with van der Waals surface area (Å²) in [6.07, 6.45) is 1.69. The molecule has 0 unspecified atom stereocenters. The van der Waals surface area contributed by atoms with Crippen molar-refractivity contribution in [2.24, 2.45) is 5.92 Å². The van der Waals surface area contributed by atoms with Crippen LogP contribution in [0.4, 0.5) is 0 Å². The molecule has 0 aromatic carbocycles. The van der Waals surface area contributed by atoms with Crippen LogP contribution in [0.15, 0.2) is 6.07 Å². The molecule has 0 radical (unpaired) electrons. The third kappa shape index (κ3) is 2.95. The van der Waals surface area contributed by atoms with E-state index in [1.54, 1.807) is 11.3 Å². The maximum absolute atomic E-state index is 11.8. The number of hydrogen-bond donors (Lipinski definition) is 0. The summed E-state index contributed by atoms with van der Waals surface area (Å²) in [5.74, 6) is 0.926. The summed E-state index contributed by atoms with van der Waals surface area (Å²) in [5.41, 5.74) is 1.14. The summed E-state index contributed by atoms with van der Waals surface area (Å²) in [4.78, 5) is 14.0. The first-order chi connectivity index (χ1) is 6.50. The van der Waals surface area contributed by atoms with E-state index in [1.807, 2.05) is 6.92 Å². The average molecular weight is 210 g/mol. The molecule has 0 aliphatic heterocycles. The van der Waals surface area contributed by atoms with Crippen LogP contribution < -0.4 is 0 Å². The molecule has 1 heterocycles. The van der Waals surface area contributed by atoms with Crippen LogP contribution >= 0.6 is 11.3 Å². The molecule has 0 spiro atoms. The van der Waals surface area contributed by atoms with E-state index in [1.165, 1.54) is 4.88 Å². The van der Waals surface area contributed by atoms with E-state index in [-0.39, 0.29) is 0 Å². The van der Waals surface area contributed by atoms with Crippen molar-refractivity contribution in [2.75, 3.05) is 0 Å². The maximum Gasteiger partial charge on any atom is 0.173 e. The minimum atomic E-state index is 0.314. The number of aryl methyl sites for hydroxylation is 2. The average Bonchev–Trinajstić information content (AvgIpc) is 2.41. The van der Waals surface area contributed by atoms with Gasteiger partial charge in [0.2, 0.25) is 0 Å². The van der Waals surface area contributed by atoms with E-state index in [4.69, 9.17) is 0 Å². The van der Waals surface area contributed by atoms with E-state index in [9.17, 15) is 4.79 Å². The highest BCUT2D eigenvalue weighted by atomic mass is 32.1. The number of thiophene rings is 1. The summed E-state index contributed by atoms with van der Waals surface area (Å²) in [7, 11) is 0. The molecule has 1 nitrogen and oxygen atoms in total. The van der Waals surface area contributed by atoms with Crippen LogP contribution in [0.25, 0.3) is 0 Å². The van der Waals surface area contributed by atoms with Gasteiger partial charge in [-0.15, -0.1) is 11.3 Å². The highest BCUT2D eigenvalue weighted by molar-refractivity contribution is 7.14. The lowest BCUT2D eigenvalue weighted by Gasteiger charge is -2.02. The maximum atomic E-state index is 11.8. The molecule has 0 amide bonds. The summed E-state index contributed by atoms with van der Waals surface area (Å²) >= 11 is 1.62. The van der Waals surface area contributed by atoms with Gasteiger partial charge >= 0.3 is 0 Å². The second-order valence-electron chi connectivity index (χ2n) is 4.22.